The summed E-state index contributed by atoms with van der Waals surface area (Å²) in [5.41, 5.74) is 3.26. The van der Waals surface area contributed by atoms with Crippen LogP contribution in [0.25, 0.3) is 16.9 Å². The third-order valence-corrected chi connectivity index (χ3v) is 7.43. The lowest BCUT2D eigenvalue weighted by Crippen LogP contribution is -2.47. The summed E-state index contributed by atoms with van der Waals surface area (Å²) in [6.07, 6.45) is 1.63. The van der Waals surface area contributed by atoms with Gasteiger partial charge in [0.2, 0.25) is 15.9 Å². The molecule has 0 bridgehead atoms. The Bertz CT molecular complexity index is 1230. The van der Waals surface area contributed by atoms with Crippen LogP contribution in [0.4, 0.5) is 0 Å². The number of hydrogen-bond acceptors (Lipinski definition) is 5. The smallest absolute Gasteiger partial charge is 0.242 e. The first-order valence-corrected chi connectivity index (χ1v) is 12.4. The highest BCUT2D eigenvalue weighted by Gasteiger charge is 2.23. The number of rotatable bonds is 6. The van der Waals surface area contributed by atoms with Crippen LogP contribution in [0.5, 0.6) is 0 Å². The molecule has 3 heterocycles. The number of fused-ring (bicyclic) bond motifs is 1. The second kappa shape index (κ2) is 9.19. The van der Waals surface area contributed by atoms with Gasteiger partial charge in [0.15, 0.2) is 0 Å². The van der Waals surface area contributed by atoms with Crippen LogP contribution in [0.2, 0.25) is 5.02 Å². The molecule has 1 aliphatic rings. The molecule has 1 N–H and O–H groups in total. The maximum absolute atomic E-state index is 12.6. The van der Waals surface area contributed by atoms with Gasteiger partial charge in [-0.2, -0.15) is 0 Å². The van der Waals surface area contributed by atoms with Crippen LogP contribution in [0, 0.1) is 0 Å². The summed E-state index contributed by atoms with van der Waals surface area (Å²) in [6.45, 7) is 7.04. The van der Waals surface area contributed by atoms with Crippen molar-refractivity contribution in [2.24, 2.45) is 0 Å². The second-order valence-corrected chi connectivity index (χ2v) is 9.99. The molecule has 0 saturated carbocycles. The van der Waals surface area contributed by atoms with E-state index in [0.29, 0.717) is 36.8 Å². The highest BCUT2D eigenvalue weighted by molar-refractivity contribution is 7.89. The van der Waals surface area contributed by atoms with Crippen molar-refractivity contribution in [1.82, 2.24) is 23.9 Å². The highest BCUT2D eigenvalue weighted by atomic mass is 35.5. The minimum absolute atomic E-state index is 0.0829. The first-order chi connectivity index (χ1) is 15.3. The van der Waals surface area contributed by atoms with Gasteiger partial charge in [-0.25, -0.2) is 18.1 Å². The van der Waals surface area contributed by atoms with E-state index in [1.807, 2.05) is 33.6 Å². The van der Waals surface area contributed by atoms with Crippen molar-refractivity contribution in [2.45, 2.75) is 25.3 Å². The van der Waals surface area contributed by atoms with E-state index in [0.717, 1.165) is 30.0 Å². The monoisotopic (exact) mass is 475 g/mol. The predicted octanol–water partition coefficient (Wildman–Crippen LogP) is 2.62. The van der Waals surface area contributed by atoms with E-state index < -0.39 is 10.0 Å². The number of halogens is 1. The molecule has 0 atom stereocenters. The molecule has 0 spiro atoms. The van der Waals surface area contributed by atoms with Crippen LogP contribution in [0.1, 0.15) is 19.5 Å². The van der Waals surface area contributed by atoms with Crippen LogP contribution in [-0.4, -0.2) is 66.2 Å². The highest BCUT2D eigenvalue weighted by Crippen LogP contribution is 2.28. The lowest BCUT2D eigenvalue weighted by Gasteiger charge is -2.34. The van der Waals surface area contributed by atoms with Gasteiger partial charge in [0.05, 0.1) is 16.3 Å². The fourth-order valence-electron chi connectivity index (χ4n) is 3.93. The van der Waals surface area contributed by atoms with Gasteiger partial charge in [0.1, 0.15) is 5.65 Å². The Morgan fingerprint density at radius 1 is 1.09 bits per heavy atom. The van der Waals surface area contributed by atoms with Crippen molar-refractivity contribution in [3.05, 3.63) is 53.3 Å². The second-order valence-electron chi connectivity index (χ2n) is 7.79. The Morgan fingerprint density at radius 3 is 2.41 bits per heavy atom. The van der Waals surface area contributed by atoms with Gasteiger partial charge in [-0.15, -0.1) is 0 Å². The van der Waals surface area contributed by atoms with E-state index in [4.69, 9.17) is 16.6 Å². The van der Waals surface area contributed by atoms with Gasteiger partial charge in [0, 0.05) is 63.0 Å². The molecule has 0 radical (unpaired) electrons. The number of hydrogen-bond donors (Lipinski definition) is 1. The molecule has 10 heteroatoms. The largest absolute Gasteiger partial charge is 0.340 e. The zero-order valence-corrected chi connectivity index (χ0v) is 19.7. The van der Waals surface area contributed by atoms with Gasteiger partial charge < -0.3 is 9.30 Å². The Hall–Kier alpha value is -2.46. The van der Waals surface area contributed by atoms with E-state index in [2.05, 4.69) is 9.62 Å². The normalized spacial score (nSPS) is 15.4. The van der Waals surface area contributed by atoms with Gasteiger partial charge in [-0.05, 0) is 24.3 Å². The number of aromatic nitrogens is 2. The molecular weight excluding hydrogens is 450 g/mol. The van der Waals surface area contributed by atoms with Crippen LogP contribution in [0.3, 0.4) is 0 Å². The van der Waals surface area contributed by atoms with E-state index in [-0.39, 0.29) is 10.8 Å². The molecule has 0 unspecified atom stereocenters. The predicted molar refractivity (Wildman–Crippen MR) is 124 cm³/mol. The summed E-state index contributed by atoms with van der Waals surface area (Å²) < 4.78 is 29.6. The molecule has 2 aromatic heterocycles. The molecule has 1 fully saturated rings. The number of nitrogens with zero attached hydrogens (tertiary/aromatic N) is 4. The average Bonchev–Trinajstić information content (AvgIpc) is 3.12. The van der Waals surface area contributed by atoms with Crippen LogP contribution >= 0.6 is 11.6 Å². The van der Waals surface area contributed by atoms with Gasteiger partial charge in [-0.3, -0.25) is 9.69 Å². The molecule has 4 rings (SSSR count). The number of imidazole rings is 1. The number of pyridine rings is 1. The van der Waals surface area contributed by atoms with Crippen LogP contribution in [-0.2, 0) is 21.4 Å². The molecular formula is C22H26ClN5O3S. The van der Waals surface area contributed by atoms with Gasteiger partial charge >= 0.3 is 0 Å². The summed E-state index contributed by atoms with van der Waals surface area (Å²) in [7, 11) is -3.60. The van der Waals surface area contributed by atoms with Gasteiger partial charge in [0.25, 0.3) is 0 Å². The molecule has 8 nitrogen and oxygen atoms in total. The lowest BCUT2D eigenvalue weighted by atomic mass is 10.1. The van der Waals surface area contributed by atoms with Crippen molar-refractivity contribution in [1.29, 1.82) is 0 Å². The summed E-state index contributed by atoms with van der Waals surface area (Å²) in [5.74, 6) is 0.0829. The van der Waals surface area contributed by atoms with Crippen molar-refractivity contribution in [3.63, 3.8) is 0 Å². The summed E-state index contributed by atoms with van der Waals surface area (Å²) in [5, 5.41) is 0.637. The minimum Gasteiger partial charge on any atom is -0.340 e. The Morgan fingerprint density at radius 2 is 1.78 bits per heavy atom. The first kappa shape index (κ1) is 22.7. The van der Waals surface area contributed by atoms with Crippen LogP contribution < -0.4 is 4.72 Å². The molecule has 32 heavy (non-hydrogen) atoms. The Kier molecular flexibility index (Phi) is 6.52. The van der Waals surface area contributed by atoms with E-state index in [1.165, 1.54) is 0 Å². The molecule has 1 aromatic carbocycles. The number of nitrogens with one attached hydrogen (secondary N) is 1. The minimum atomic E-state index is -3.60. The zero-order valence-electron chi connectivity index (χ0n) is 18.1. The molecule has 1 aliphatic heterocycles. The summed E-state index contributed by atoms with van der Waals surface area (Å²) in [4.78, 5) is 20.8. The fourth-order valence-corrected chi connectivity index (χ4v) is 5.09. The van der Waals surface area contributed by atoms with Gasteiger partial charge in [-0.1, -0.05) is 30.7 Å². The number of carbonyl (C=O) groups excluding carboxylic acids is 1. The van der Waals surface area contributed by atoms with E-state index in [1.54, 1.807) is 32.2 Å². The zero-order chi connectivity index (χ0) is 22.9. The van der Waals surface area contributed by atoms with Crippen molar-refractivity contribution in [2.75, 3.05) is 32.7 Å². The third-order valence-electron chi connectivity index (χ3n) is 5.64. The lowest BCUT2D eigenvalue weighted by molar-refractivity contribution is -0.130. The fraction of sp³-hybridized carbons (Fsp3) is 0.364. The van der Waals surface area contributed by atoms with E-state index >= 15 is 0 Å². The number of amides is 1. The first-order valence-electron chi connectivity index (χ1n) is 10.5. The van der Waals surface area contributed by atoms with Crippen LogP contribution in [0.15, 0.2) is 47.5 Å². The standard InChI is InChI=1S/C22H26ClN5O3S/c1-3-24-32(30,31)19-8-9-21-25-22(17-4-6-18(23)7-5-17)20(28(21)14-19)15-26-10-12-27(13-11-26)16(2)29/h4-9,14,24H,3,10-13,15H2,1-2H3. The summed E-state index contributed by atoms with van der Waals surface area (Å²) >= 11 is 6.07. The quantitative estimate of drug-likeness (QED) is 0.592. The number of benzene rings is 1. The summed E-state index contributed by atoms with van der Waals surface area (Å²) in [6, 6.07) is 10.8. The van der Waals surface area contributed by atoms with Crippen molar-refractivity contribution in [3.8, 4) is 11.3 Å². The topological polar surface area (TPSA) is 87.0 Å². The maximum Gasteiger partial charge on any atom is 0.242 e. The molecule has 3 aromatic rings. The van der Waals surface area contributed by atoms with Crippen molar-refractivity contribution < 1.29 is 13.2 Å². The Balaban J connectivity index is 1.76. The molecule has 1 amide bonds. The Labute approximate surface area is 192 Å². The third kappa shape index (κ3) is 4.66. The average molecular weight is 476 g/mol. The van der Waals surface area contributed by atoms with E-state index in [9.17, 15) is 13.2 Å². The SMILES string of the molecule is CCNS(=O)(=O)c1ccc2nc(-c3ccc(Cl)cc3)c(CN3CCN(C(C)=O)CC3)n2c1. The molecule has 170 valence electrons. The number of carbonyl (C=O) groups is 1. The number of piperazine rings is 1. The maximum atomic E-state index is 12.6. The molecule has 1 saturated heterocycles. The molecule has 0 aliphatic carbocycles. The van der Waals surface area contributed by atoms with Crippen molar-refractivity contribution >= 4 is 33.2 Å². The number of sulfonamides is 1.